The SMILES string of the molecule is NC(=O)c1ccc(NC(=O)COC(=O)c2ccc3c(c2)C(=O)N(c2ccc(Cl)cc2)C3=O)cc1. The van der Waals surface area contributed by atoms with Gasteiger partial charge in [-0.15, -0.1) is 0 Å². The number of halogens is 1. The number of hydrogen-bond acceptors (Lipinski definition) is 6. The van der Waals surface area contributed by atoms with Crippen LogP contribution in [-0.4, -0.2) is 36.2 Å². The Bertz CT molecular complexity index is 1340. The molecule has 3 N–H and O–H groups in total. The second kappa shape index (κ2) is 9.16. The molecule has 1 aliphatic rings. The first kappa shape index (κ1) is 22.7. The van der Waals surface area contributed by atoms with Crippen molar-refractivity contribution in [2.24, 2.45) is 5.73 Å². The van der Waals surface area contributed by atoms with Crippen molar-refractivity contribution >= 4 is 52.6 Å². The maximum Gasteiger partial charge on any atom is 0.338 e. The topological polar surface area (TPSA) is 136 Å². The van der Waals surface area contributed by atoms with Gasteiger partial charge in [0, 0.05) is 16.3 Å². The Balaban J connectivity index is 1.41. The van der Waals surface area contributed by atoms with Gasteiger partial charge in [0.15, 0.2) is 6.61 Å². The molecule has 0 radical (unpaired) electrons. The van der Waals surface area contributed by atoms with Gasteiger partial charge in [-0.2, -0.15) is 0 Å². The first-order valence-corrected chi connectivity index (χ1v) is 10.3. The number of amides is 4. The number of carbonyl (C=O) groups is 5. The molecule has 3 aromatic carbocycles. The number of nitrogens with two attached hydrogens (primary N) is 1. The lowest BCUT2D eigenvalue weighted by atomic mass is 10.1. The summed E-state index contributed by atoms with van der Waals surface area (Å²) in [6.07, 6.45) is 0. The van der Waals surface area contributed by atoms with Crippen LogP contribution in [-0.2, 0) is 9.53 Å². The van der Waals surface area contributed by atoms with Crippen LogP contribution in [0.1, 0.15) is 41.4 Å². The fourth-order valence-electron chi connectivity index (χ4n) is 3.32. The molecule has 0 aromatic heterocycles. The minimum absolute atomic E-state index is 0.0106. The molecule has 3 aromatic rings. The number of anilines is 2. The van der Waals surface area contributed by atoms with E-state index in [9.17, 15) is 24.0 Å². The first-order valence-electron chi connectivity index (χ1n) is 9.90. The number of rotatable bonds is 6. The molecule has 9 nitrogen and oxygen atoms in total. The van der Waals surface area contributed by atoms with Crippen LogP contribution in [0.4, 0.5) is 11.4 Å². The van der Waals surface area contributed by atoms with Gasteiger partial charge in [0.1, 0.15) is 0 Å². The number of esters is 1. The summed E-state index contributed by atoms with van der Waals surface area (Å²) < 4.78 is 5.02. The highest BCUT2D eigenvalue weighted by Crippen LogP contribution is 2.30. The molecule has 4 amide bonds. The molecular formula is C24H16ClN3O6. The van der Waals surface area contributed by atoms with E-state index in [-0.39, 0.29) is 22.3 Å². The Morgan fingerprint density at radius 2 is 1.47 bits per heavy atom. The van der Waals surface area contributed by atoms with E-state index in [2.05, 4.69) is 5.32 Å². The van der Waals surface area contributed by atoms with Crippen LogP contribution in [0, 0.1) is 0 Å². The highest BCUT2D eigenvalue weighted by molar-refractivity contribution is 6.35. The van der Waals surface area contributed by atoms with Gasteiger partial charge in [0.2, 0.25) is 5.91 Å². The number of carbonyl (C=O) groups excluding carboxylic acids is 5. The second-order valence-electron chi connectivity index (χ2n) is 7.25. The number of fused-ring (bicyclic) bond motifs is 1. The second-order valence-corrected chi connectivity index (χ2v) is 7.68. The molecule has 170 valence electrons. The monoisotopic (exact) mass is 477 g/mol. The van der Waals surface area contributed by atoms with Crippen LogP contribution in [0.3, 0.4) is 0 Å². The normalized spacial score (nSPS) is 12.3. The Kier molecular flexibility index (Phi) is 6.11. The minimum atomic E-state index is -0.841. The van der Waals surface area contributed by atoms with E-state index in [4.69, 9.17) is 22.1 Å². The Morgan fingerprint density at radius 3 is 2.12 bits per heavy atom. The summed E-state index contributed by atoms with van der Waals surface area (Å²) in [5.74, 6) is -3.16. The van der Waals surface area contributed by atoms with Crippen molar-refractivity contribution in [2.75, 3.05) is 16.8 Å². The smallest absolute Gasteiger partial charge is 0.338 e. The predicted molar refractivity (Wildman–Crippen MR) is 123 cm³/mol. The molecule has 0 atom stereocenters. The molecule has 0 saturated carbocycles. The fraction of sp³-hybridized carbons (Fsp3) is 0.0417. The van der Waals surface area contributed by atoms with E-state index in [1.54, 1.807) is 24.3 Å². The zero-order valence-corrected chi connectivity index (χ0v) is 18.2. The van der Waals surface area contributed by atoms with Gasteiger partial charge < -0.3 is 15.8 Å². The number of benzene rings is 3. The number of nitrogens with one attached hydrogen (secondary N) is 1. The molecule has 34 heavy (non-hydrogen) atoms. The van der Waals surface area contributed by atoms with E-state index in [0.29, 0.717) is 16.4 Å². The fourth-order valence-corrected chi connectivity index (χ4v) is 3.45. The van der Waals surface area contributed by atoms with Gasteiger partial charge in [0.05, 0.1) is 22.4 Å². The van der Waals surface area contributed by atoms with Crippen LogP contribution >= 0.6 is 11.6 Å². The van der Waals surface area contributed by atoms with Crippen LogP contribution in [0.25, 0.3) is 0 Å². The lowest BCUT2D eigenvalue weighted by Gasteiger charge is -2.13. The summed E-state index contributed by atoms with van der Waals surface area (Å²) in [6, 6.07) is 16.0. The van der Waals surface area contributed by atoms with Gasteiger partial charge in [0.25, 0.3) is 17.7 Å². The summed E-state index contributed by atoms with van der Waals surface area (Å²) >= 11 is 5.87. The third-order valence-electron chi connectivity index (χ3n) is 4.99. The van der Waals surface area contributed by atoms with Gasteiger partial charge in [-0.25, -0.2) is 9.69 Å². The van der Waals surface area contributed by atoms with Crippen molar-refractivity contribution in [2.45, 2.75) is 0 Å². The van der Waals surface area contributed by atoms with Crippen molar-refractivity contribution < 1.29 is 28.7 Å². The van der Waals surface area contributed by atoms with Crippen molar-refractivity contribution in [1.82, 2.24) is 0 Å². The highest BCUT2D eigenvalue weighted by atomic mass is 35.5. The number of nitrogens with zero attached hydrogens (tertiary/aromatic N) is 1. The summed E-state index contributed by atoms with van der Waals surface area (Å²) in [4.78, 5) is 62.1. The van der Waals surface area contributed by atoms with Crippen molar-refractivity contribution in [3.63, 3.8) is 0 Å². The van der Waals surface area contributed by atoms with E-state index >= 15 is 0 Å². The highest BCUT2D eigenvalue weighted by Gasteiger charge is 2.37. The van der Waals surface area contributed by atoms with Crippen LogP contribution in [0.2, 0.25) is 5.02 Å². The van der Waals surface area contributed by atoms with Crippen LogP contribution in [0.15, 0.2) is 66.7 Å². The van der Waals surface area contributed by atoms with Crippen LogP contribution < -0.4 is 16.0 Å². The molecule has 0 aliphatic carbocycles. The summed E-state index contributed by atoms with van der Waals surface area (Å²) in [5.41, 5.74) is 6.38. The zero-order chi connectivity index (χ0) is 24.4. The van der Waals surface area contributed by atoms with Crippen molar-refractivity contribution in [1.29, 1.82) is 0 Å². The van der Waals surface area contributed by atoms with E-state index < -0.39 is 36.2 Å². The summed E-state index contributed by atoms with van der Waals surface area (Å²) in [7, 11) is 0. The van der Waals surface area contributed by atoms with Gasteiger partial charge in [-0.05, 0) is 66.7 Å². The van der Waals surface area contributed by atoms with E-state index in [0.717, 1.165) is 4.90 Å². The minimum Gasteiger partial charge on any atom is -0.452 e. The molecule has 0 bridgehead atoms. The standard InChI is InChI=1S/C24H16ClN3O6/c25-15-4-8-17(9-5-15)28-22(31)18-10-3-14(11-19(18)23(28)32)24(33)34-12-20(29)27-16-6-1-13(2-7-16)21(26)30/h1-11H,12H2,(H2,26,30)(H,27,29). The Hall–Kier alpha value is -4.50. The predicted octanol–water partition coefficient (Wildman–Crippen LogP) is 3.04. The van der Waals surface area contributed by atoms with Crippen molar-refractivity contribution in [3.05, 3.63) is 94.0 Å². The molecule has 1 aliphatic heterocycles. The molecule has 0 fully saturated rings. The third kappa shape index (κ3) is 4.50. The van der Waals surface area contributed by atoms with Gasteiger partial charge in [-0.1, -0.05) is 11.6 Å². The quantitative estimate of drug-likeness (QED) is 0.413. The molecule has 4 rings (SSSR count). The maximum absolute atomic E-state index is 12.8. The van der Waals surface area contributed by atoms with E-state index in [1.165, 1.54) is 42.5 Å². The first-order chi connectivity index (χ1) is 16.2. The molecule has 0 unspecified atom stereocenters. The molecule has 1 heterocycles. The number of ether oxygens (including phenoxy) is 1. The Morgan fingerprint density at radius 1 is 0.853 bits per heavy atom. The largest absolute Gasteiger partial charge is 0.452 e. The molecule has 0 spiro atoms. The summed E-state index contributed by atoms with van der Waals surface area (Å²) in [6.45, 7) is -0.586. The number of imide groups is 1. The Labute approximate surface area is 198 Å². The van der Waals surface area contributed by atoms with Crippen LogP contribution in [0.5, 0.6) is 0 Å². The average Bonchev–Trinajstić information content (AvgIpc) is 3.08. The van der Waals surface area contributed by atoms with E-state index in [1.807, 2.05) is 0 Å². The zero-order valence-electron chi connectivity index (χ0n) is 17.4. The lowest BCUT2D eigenvalue weighted by Crippen LogP contribution is -2.29. The average molecular weight is 478 g/mol. The molecule has 10 heteroatoms. The third-order valence-corrected chi connectivity index (χ3v) is 5.25. The molecular weight excluding hydrogens is 462 g/mol. The van der Waals surface area contributed by atoms with Gasteiger partial charge in [-0.3, -0.25) is 19.2 Å². The number of primary amides is 1. The lowest BCUT2D eigenvalue weighted by molar-refractivity contribution is -0.119. The number of hydrogen-bond donors (Lipinski definition) is 2. The molecule has 0 saturated heterocycles. The maximum atomic E-state index is 12.8. The summed E-state index contributed by atoms with van der Waals surface area (Å²) in [5, 5.41) is 2.97. The van der Waals surface area contributed by atoms with Gasteiger partial charge >= 0.3 is 5.97 Å². The van der Waals surface area contributed by atoms with Crippen molar-refractivity contribution in [3.8, 4) is 0 Å².